The lowest BCUT2D eigenvalue weighted by Crippen LogP contribution is -2.35. The highest BCUT2D eigenvalue weighted by Gasteiger charge is 2.25. The molecule has 0 aromatic heterocycles. The van der Waals surface area contributed by atoms with E-state index < -0.39 is 0 Å². The molecule has 0 amide bonds. The number of ether oxygens (including phenoxy) is 1. The van der Waals surface area contributed by atoms with Crippen LogP contribution >= 0.6 is 0 Å². The molecule has 0 radical (unpaired) electrons. The van der Waals surface area contributed by atoms with Crippen LogP contribution < -0.4 is 5.32 Å². The van der Waals surface area contributed by atoms with E-state index in [2.05, 4.69) is 31.0 Å². The summed E-state index contributed by atoms with van der Waals surface area (Å²) in [5.41, 5.74) is 0. The highest BCUT2D eigenvalue weighted by molar-refractivity contribution is 4.77. The SMILES string of the molecule is CCCN(CCC)CC1CCC(CNCC)O1. The highest BCUT2D eigenvalue weighted by atomic mass is 16.5. The summed E-state index contributed by atoms with van der Waals surface area (Å²) in [4.78, 5) is 2.56. The fraction of sp³-hybridized carbons (Fsp3) is 1.00. The van der Waals surface area contributed by atoms with E-state index in [0.29, 0.717) is 12.2 Å². The zero-order valence-corrected chi connectivity index (χ0v) is 11.9. The zero-order valence-electron chi connectivity index (χ0n) is 11.9. The Kier molecular flexibility index (Phi) is 7.82. The summed E-state index contributed by atoms with van der Waals surface area (Å²) in [6.45, 7) is 12.3. The van der Waals surface area contributed by atoms with Gasteiger partial charge in [0.05, 0.1) is 12.2 Å². The number of hydrogen-bond acceptors (Lipinski definition) is 3. The van der Waals surface area contributed by atoms with Crippen molar-refractivity contribution >= 4 is 0 Å². The van der Waals surface area contributed by atoms with E-state index in [9.17, 15) is 0 Å². The van der Waals surface area contributed by atoms with Crippen molar-refractivity contribution in [3.8, 4) is 0 Å². The van der Waals surface area contributed by atoms with Crippen molar-refractivity contribution in [2.45, 2.75) is 58.7 Å². The third kappa shape index (κ3) is 5.84. The molecule has 1 rings (SSSR count). The first kappa shape index (κ1) is 14.9. The Hall–Kier alpha value is -0.120. The average molecular weight is 242 g/mol. The molecule has 0 aliphatic carbocycles. The first-order valence-electron chi connectivity index (χ1n) is 7.38. The number of likely N-dealkylation sites (N-methyl/N-ethyl adjacent to an activating group) is 1. The number of hydrogen-bond donors (Lipinski definition) is 1. The van der Waals surface area contributed by atoms with Crippen LogP contribution in [0.15, 0.2) is 0 Å². The van der Waals surface area contributed by atoms with Gasteiger partial charge in [0.15, 0.2) is 0 Å². The van der Waals surface area contributed by atoms with Crippen molar-refractivity contribution in [3.05, 3.63) is 0 Å². The van der Waals surface area contributed by atoms with Gasteiger partial charge in [-0.05, 0) is 45.3 Å². The minimum atomic E-state index is 0.449. The van der Waals surface area contributed by atoms with Crippen LogP contribution in [0.25, 0.3) is 0 Å². The summed E-state index contributed by atoms with van der Waals surface area (Å²) in [7, 11) is 0. The Morgan fingerprint density at radius 2 is 1.71 bits per heavy atom. The van der Waals surface area contributed by atoms with Crippen molar-refractivity contribution in [1.29, 1.82) is 0 Å². The van der Waals surface area contributed by atoms with E-state index in [1.165, 1.54) is 38.8 Å². The predicted molar refractivity (Wildman–Crippen MR) is 73.5 cm³/mol. The van der Waals surface area contributed by atoms with Gasteiger partial charge in [0.25, 0.3) is 0 Å². The second-order valence-electron chi connectivity index (χ2n) is 5.07. The van der Waals surface area contributed by atoms with E-state index in [0.717, 1.165) is 19.6 Å². The van der Waals surface area contributed by atoms with Crippen molar-refractivity contribution in [1.82, 2.24) is 10.2 Å². The first-order valence-corrected chi connectivity index (χ1v) is 7.38. The first-order chi connectivity index (χ1) is 8.30. The molecule has 1 fully saturated rings. The summed E-state index contributed by atoms with van der Waals surface area (Å²) < 4.78 is 6.08. The second-order valence-corrected chi connectivity index (χ2v) is 5.07. The van der Waals surface area contributed by atoms with Gasteiger partial charge < -0.3 is 15.0 Å². The standard InChI is InChI=1S/C14H30N2O/c1-4-9-16(10-5-2)12-14-8-7-13(17-14)11-15-6-3/h13-15H,4-12H2,1-3H3. The largest absolute Gasteiger partial charge is 0.372 e. The molecule has 17 heavy (non-hydrogen) atoms. The third-order valence-corrected chi connectivity index (χ3v) is 3.36. The fourth-order valence-corrected chi connectivity index (χ4v) is 2.58. The lowest BCUT2D eigenvalue weighted by atomic mass is 10.2. The molecule has 3 heteroatoms. The fourth-order valence-electron chi connectivity index (χ4n) is 2.58. The Balaban J connectivity index is 2.22. The van der Waals surface area contributed by atoms with Crippen LogP contribution in [0.4, 0.5) is 0 Å². The van der Waals surface area contributed by atoms with Crippen molar-refractivity contribution in [3.63, 3.8) is 0 Å². The summed E-state index contributed by atoms with van der Waals surface area (Å²) in [5, 5.41) is 3.38. The number of nitrogens with one attached hydrogen (secondary N) is 1. The molecule has 1 heterocycles. The monoisotopic (exact) mass is 242 g/mol. The van der Waals surface area contributed by atoms with E-state index in [1.54, 1.807) is 0 Å². The molecule has 0 bridgehead atoms. The molecular formula is C14H30N2O. The van der Waals surface area contributed by atoms with Gasteiger partial charge in [-0.3, -0.25) is 0 Å². The zero-order chi connectivity index (χ0) is 12.5. The highest BCUT2D eigenvalue weighted by Crippen LogP contribution is 2.20. The molecule has 0 aromatic rings. The number of rotatable bonds is 9. The van der Waals surface area contributed by atoms with Crippen LogP contribution in [-0.4, -0.2) is 49.8 Å². The summed E-state index contributed by atoms with van der Waals surface area (Å²) in [6.07, 6.45) is 5.87. The van der Waals surface area contributed by atoms with Crippen molar-refractivity contribution in [2.75, 3.05) is 32.7 Å². The van der Waals surface area contributed by atoms with Crippen molar-refractivity contribution < 1.29 is 4.74 Å². The van der Waals surface area contributed by atoms with E-state index in [-0.39, 0.29) is 0 Å². The minimum Gasteiger partial charge on any atom is -0.372 e. The number of nitrogens with zero attached hydrogens (tertiary/aromatic N) is 1. The second kappa shape index (κ2) is 8.90. The van der Waals surface area contributed by atoms with Crippen LogP contribution in [0.2, 0.25) is 0 Å². The van der Waals surface area contributed by atoms with Crippen LogP contribution in [0.3, 0.4) is 0 Å². The molecule has 102 valence electrons. The summed E-state index contributed by atoms with van der Waals surface area (Å²) >= 11 is 0. The Bertz CT molecular complexity index is 181. The van der Waals surface area contributed by atoms with Gasteiger partial charge in [-0.1, -0.05) is 20.8 Å². The van der Waals surface area contributed by atoms with Crippen LogP contribution in [0.1, 0.15) is 46.5 Å². The maximum Gasteiger partial charge on any atom is 0.0707 e. The van der Waals surface area contributed by atoms with Crippen LogP contribution in [-0.2, 0) is 4.74 Å². The van der Waals surface area contributed by atoms with Gasteiger partial charge in [0.1, 0.15) is 0 Å². The topological polar surface area (TPSA) is 24.5 Å². The molecule has 0 aromatic carbocycles. The molecular weight excluding hydrogens is 212 g/mol. The lowest BCUT2D eigenvalue weighted by molar-refractivity contribution is 0.0236. The summed E-state index contributed by atoms with van der Waals surface area (Å²) in [6, 6.07) is 0. The smallest absolute Gasteiger partial charge is 0.0707 e. The maximum absolute atomic E-state index is 6.08. The minimum absolute atomic E-state index is 0.449. The molecule has 2 unspecified atom stereocenters. The van der Waals surface area contributed by atoms with Gasteiger partial charge in [-0.2, -0.15) is 0 Å². The molecule has 3 nitrogen and oxygen atoms in total. The Labute approximate surface area is 107 Å². The van der Waals surface area contributed by atoms with E-state index in [1.807, 2.05) is 0 Å². The molecule has 1 aliphatic rings. The summed E-state index contributed by atoms with van der Waals surface area (Å²) in [5.74, 6) is 0. The van der Waals surface area contributed by atoms with E-state index in [4.69, 9.17) is 4.74 Å². The van der Waals surface area contributed by atoms with Crippen LogP contribution in [0.5, 0.6) is 0 Å². The van der Waals surface area contributed by atoms with Gasteiger partial charge in [-0.25, -0.2) is 0 Å². The van der Waals surface area contributed by atoms with Crippen molar-refractivity contribution in [2.24, 2.45) is 0 Å². The Morgan fingerprint density at radius 3 is 2.29 bits per heavy atom. The predicted octanol–water partition coefficient (Wildman–Crippen LogP) is 2.27. The normalized spacial score (nSPS) is 24.7. The molecule has 1 N–H and O–H groups in total. The lowest BCUT2D eigenvalue weighted by Gasteiger charge is -2.24. The third-order valence-electron chi connectivity index (χ3n) is 3.36. The van der Waals surface area contributed by atoms with Crippen LogP contribution in [0, 0.1) is 0 Å². The average Bonchev–Trinajstić information content (AvgIpc) is 2.75. The molecule has 0 saturated carbocycles. The molecule has 2 atom stereocenters. The van der Waals surface area contributed by atoms with Gasteiger partial charge in [0.2, 0.25) is 0 Å². The quantitative estimate of drug-likeness (QED) is 0.671. The van der Waals surface area contributed by atoms with Gasteiger partial charge in [-0.15, -0.1) is 0 Å². The van der Waals surface area contributed by atoms with Gasteiger partial charge in [0, 0.05) is 13.1 Å². The van der Waals surface area contributed by atoms with Gasteiger partial charge >= 0.3 is 0 Å². The maximum atomic E-state index is 6.08. The van der Waals surface area contributed by atoms with E-state index >= 15 is 0 Å². The molecule has 1 saturated heterocycles. The molecule has 1 aliphatic heterocycles. The Morgan fingerprint density at radius 1 is 1.06 bits per heavy atom. The molecule has 0 spiro atoms.